The number of halogens is 3. The average Bonchev–Trinajstić information content (AvgIpc) is 3.11. The molecule has 2 saturated heterocycles. The van der Waals surface area contributed by atoms with Crippen LogP contribution in [0.1, 0.15) is 71.6 Å². The Morgan fingerprint density at radius 1 is 0.904 bits per heavy atom. The van der Waals surface area contributed by atoms with E-state index in [0.717, 1.165) is 26.4 Å². The van der Waals surface area contributed by atoms with Crippen LogP contribution in [0.4, 0.5) is 13.2 Å². The van der Waals surface area contributed by atoms with Crippen molar-refractivity contribution in [2.24, 2.45) is 17.8 Å². The Balaban J connectivity index is 1.71. The van der Waals surface area contributed by atoms with Crippen LogP contribution in [0.25, 0.3) is 0 Å². The van der Waals surface area contributed by atoms with E-state index in [-0.39, 0.29) is 25.2 Å². The molecular formula is C33H52F3NO15. The number of nitrogens with one attached hydrogen (secondary N) is 1. The zero-order valence-corrected chi connectivity index (χ0v) is 29.3. The molecule has 0 aromatic rings. The summed E-state index contributed by atoms with van der Waals surface area (Å²) in [5.74, 6) is -6.07. The fourth-order valence-corrected chi connectivity index (χ4v) is 7.72. The number of alkyl halides is 3. The molecule has 0 bridgehead atoms. The lowest BCUT2D eigenvalue weighted by atomic mass is 9.76. The standard InChI is InChI=1S/C33H52F3NO15/c1-4-16-11-17(29(45)47-3)12-18(26(16)52-31-25(42)24(41)22(39)14(2)48-31)50-30-21(37-32(46)33(34,35)36)27(23(40)20(13-38)51-30)49-19(28(43)44)10-15-8-6-5-7-9-15/h14-27,30-31,38-42H,4-13H2,1-3H3,(H,37,46)(H,43,44)/t14-,16?,17?,18+,19-,20-,21?,22?,23?,24?,25-,26?,27?,30+,31?/m0/s1. The normalized spacial score (nSPS) is 39.8. The molecule has 1 amide bonds. The van der Waals surface area contributed by atoms with Crippen LogP contribution < -0.4 is 5.32 Å². The molecule has 15 atom stereocenters. The lowest BCUT2D eigenvalue weighted by Gasteiger charge is -2.49. The summed E-state index contributed by atoms with van der Waals surface area (Å²) < 4.78 is 75.7. The number of rotatable bonds is 13. The second kappa shape index (κ2) is 18.4. The van der Waals surface area contributed by atoms with Crippen LogP contribution in [0.5, 0.6) is 0 Å². The molecule has 2 aliphatic heterocycles. The number of carbonyl (C=O) groups excluding carboxylic acids is 2. The van der Waals surface area contributed by atoms with Crippen molar-refractivity contribution in [1.82, 2.24) is 5.32 Å². The van der Waals surface area contributed by atoms with Gasteiger partial charge in [0.05, 0.1) is 37.9 Å². The predicted molar refractivity (Wildman–Crippen MR) is 168 cm³/mol. The third kappa shape index (κ3) is 10.1. The monoisotopic (exact) mass is 759 g/mol. The number of methoxy groups -OCH3 is 1. The van der Waals surface area contributed by atoms with E-state index in [9.17, 15) is 58.2 Å². The van der Waals surface area contributed by atoms with E-state index in [1.54, 1.807) is 12.2 Å². The number of hydrogen-bond acceptors (Lipinski definition) is 14. The highest BCUT2D eigenvalue weighted by molar-refractivity contribution is 5.82. The van der Waals surface area contributed by atoms with Crippen LogP contribution in [0.15, 0.2) is 0 Å². The fourth-order valence-electron chi connectivity index (χ4n) is 7.72. The molecule has 2 heterocycles. The van der Waals surface area contributed by atoms with Gasteiger partial charge < -0.3 is 64.4 Å². The first kappa shape index (κ1) is 42.5. The zero-order valence-electron chi connectivity index (χ0n) is 29.3. The summed E-state index contributed by atoms with van der Waals surface area (Å²) in [5, 5.41) is 64.5. The van der Waals surface area contributed by atoms with E-state index in [1.807, 2.05) is 0 Å². The molecule has 7 N–H and O–H groups in total. The van der Waals surface area contributed by atoms with Crippen molar-refractivity contribution in [3.8, 4) is 0 Å². The molecule has 19 heteroatoms. The van der Waals surface area contributed by atoms with Gasteiger partial charge in [-0.05, 0) is 38.0 Å². The first-order chi connectivity index (χ1) is 24.5. The van der Waals surface area contributed by atoms with E-state index in [1.165, 1.54) is 6.92 Å². The number of carbonyl (C=O) groups is 3. The van der Waals surface area contributed by atoms with Gasteiger partial charge in [0.2, 0.25) is 0 Å². The Hall–Kier alpha value is -2.20. The zero-order chi connectivity index (χ0) is 38.5. The molecule has 0 aromatic heterocycles. The molecule has 4 rings (SSSR count). The first-order valence-corrected chi connectivity index (χ1v) is 17.8. The van der Waals surface area contributed by atoms with Crippen LogP contribution in [-0.2, 0) is 42.8 Å². The molecule has 4 fully saturated rings. The van der Waals surface area contributed by atoms with Gasteiger partial charge in [-0.25, -0.2) is 4.79 Å². The van der Waals surface area contributed by atoms with Crippen molar-refractivity contribution >= 4 is 17.8 Å². The minimum Gasteiger partial charge on any atom is -0.479 e. The highest BCUT2D eigenvalue weighted by atomic mass is 19.4. The molecule has 52 heavy (non-hydrogen) atoms. The number of aliphatic hydroxyl groups excluding tert-OH is 5. The van der Waals surface area contributed by atoms with Gasteiger partial charge in [-0.1, -0.05) is 45.4 Å². The van der Waals surface area contributed by atoms with Gasteiger partial charge in [-0.2, -0.15) is 13.2 Å². The Labute approximate surface area is 298 Å². The van der Waals surface area contributed by atoms with Crippen molar-refractivity contribution in [2.75, 3.05) is 13.7 Å². The minimum atomic E-state index is -5.45. The van der Waals surface area contributed by atoms with Crippen LogP contribution >= 0.6 is 0 Å². The Morgan fingerprint density at radius 3 is 2.15 bits per heavy atom. The lowest BCUT2D eigenvalue weighted by Crippen LogP contribution is -2.68. The second-order valence-electron chi connectivity index (χ2n) is 14.2. The maximum atomic E-state index is 13.7. The van der Waals surface area contributed by atoms with E-state index in [4.69, 9.17) is 28.4 Å². The average molecular weight is 760 g/mol. The molecule has 2 aliphatic carbocycles. The minimum absolute atomic E-state index is 0.0329. The summed E-state index contributed by atoms with van der Waals surface area (Å²) >= 11 is 0. The van der Waals surface area contributed by atoms with Gasteiger partial charge >= 0.3 is 24.0 Å². The summed E-state index contributed by atoms with van der Waals surface area (Å²) in [5.41, 5.74) is 0. The smallest absolute Gasteiger partial charge is 0.471 e. The van der Waals surface area contributed by atoms with E-state index >= 15 is 0 Å². The fraction of sp³-hybridized carbons (Fsp3) is 0.909. The maximum Gasteiger partial charge on any atom is 0.471 e. The van der Waals surface area contributed by atoms with Crippen LogP contribution in [0, 0.1) is 17.8 Å². The van der Waals surface area contributed by atoms with Crippen LogP contribution in [0.3, 0.4) is 0 Å². The van der Waals surface area contributed by atoms with E-state index in [0.29, 0.717) is 19.3 Å². The molecular weight excluding hydrogens is 707 g/mol. The maximum absolute atomic E-state index is 13.7. The van der Waals surface area contributed by atoms with Gasteiger partial charge in [0.1, 0.15) is 42.7 Å². The second-order valence-corrected chi connectivity index (χ2v) is 14.2. The first-order valence-electron chi connectivity index (χ1n) is 17.8. The molecule has 0 aromatic carbocycles. The number of carboxylic acid groups (broad SMARTS) is 1. The highest BCUT2D eigenvalue weighted by Crippen LogP contribution is 2.40. The van der Waals surface area contributed by atoms with Gasteiger partial charge in [-0.15, -0.1) is 0 Å². The number of amides is 1. The molecule has 300 valence electrons. The lowest BCUT2D eigenvalue weighted by molar-refractivity contribution is -0.339. The highest BCUT2D eigenvalue weighted by Gasteiger charge is 2.54. The van der Waals surface area contributed by atoms with Crippen molar-refractivity contribution in [2.45, 2.75) is 157 Å². The van der Waals surface area contributed by atoms with Crippen molar-refractivity contribution < 1.29 is 86.6 Å². The predicted octanol–water partition coefficient (Wildman–Crippen LogP) is 0.128. The number of carboxylic acids is 1. The van der Waals surface area contributed by atoms with Crippen molar-refractivity contribution in [3.05, 3.63) is 0 Å². The third-order valence-electron chi connectivity index (χ3n) is 10.7. The Morgan fingerprint density at radius 2 is 1.58 bits per heavy atom. The summed E-state index contributed by atoms with van der Waals surface area (Å²) in [6.45, 7) is 2.26. The number of esters is 1. The van der Waals surface area contributed by atoms with Gasteiger partial charge in [-0.3, -0.25) is 9.59 Å². The summed E-state index contributed by atoms with van der Waals surface area (Å²) in [7, 11) is 1.16. The van der Waals surface area contributed by atoms with Crippen LogP contribution in [0.2, 0.25) is 0 Å². The quantitative estimate of drug-likeness (QED) is 0.124. The molecule has 0 spiro atoms. The van der Waals surface area contributed by atoms with Crippen LogP contribution in [-0.4, -0.2) is 148 Å². The Kier molecular flexibility index (Phi) is 15.1. The van der Waals surface area contributed by atoms with Crippen molar-refractivity contribution in [3.63, 3.8) is 0 Å². The molecule has 2 saturated carbocycles. The Bertz CT molecular complexity index is 1190. The SMILES string of the molecule is CCC1CC(C(=O)OC)C[C@@H](O[C@@H]2O[C@@H](CO)C(O)C(O[C@@H](CC3CCCCC3)C(=O)O)C2NC(=O)C(F)(F)F)C1OC1O[C@@H](C)C(O)C(O)[C@@H]1O. The molecule has 9 unspecified atom stereocenters. The van der Waals surface area contributed by atoms with Gasteiger partial charge in [0, 0.05) is 0 Å². The van der Waals surface area contributed by atoms with E-state index in [2.05, 4.69) is 0 Å². The summed E-state index contributed by atoms with van der Waals surface area (Å²) in [6.07, 6.45) is -20.0. The van der Waals surface area contributed by atoms with Crippen molar-refractivity contribution in [1.29, 1.82) is 0 Å². The molecule has 16 nitrogen and oxygen atoms in total. The summed E-state index contributed by atoms with van der Waals surface area (Å²) in [4.78, 5) is 37.6. The summed E-state index contributed by atoms with van der Waals surface area (Å²) in [6, 6.07) is -2.02. The number of ether oxygens (including phenoxy) is 6. The van der Waals surface area contributed by atoms with Gasteiger partial charge in [0.25, 0.3) is 0 Å². The number of aliphatic carboxylic acids is 1. The van der Waals surface area contributed by atoms with Gasteiger partial charge in [0.15, 0.2) is 18.7 Å². The molecule has 0 radical (unpaired) electrons. The largest absolute Gasteiger partial charge is 0.479 e. The molecule has 4 aliphatic rings. The topological polar surface area (TPSA) is 240 Å². The third-order valence-corrected chi connectivity index (χ3v) is 10.7. The number of hydrogen-bond donors (Lipinski definition) is 7. The van der Waals surface area contributed by atoms with E-state index < -0.39 is 122 Å². The number of aliphatic hydroxyl groups is 5.